The lowest BCUT2D eigenvalue weighted by atomic mass is 10.1. The lowest BCUT2D eigenvalue weighted by Crippen LogP contribution is -2.43. The summed E-state index contributed by atoms with van der Waals surface area (Å²) < 4.78 is 16.6. The second-order valence-corrected chi connectivity index (χ2v) is 6.92. The smallest absolute Gasteiger partial charge is 0.193 e. The third-order valence-electron chi connectivity index (χ3n) is 4.28. The zero-order valence-corrected chi connectivity index (χ0v) is 16.7. The maximum Gasteiger partial charge on any atom is 0.193 e. The van der Waals surface area contributed by atoms with E-state index in [4.69, 9.17) is 25.8 Å². The Bertz CT molecular complexity index is 553. The lowest BCUT2D eigenvalue weighted by molar-refractivity contribution is 0.0536. The van der Waals surface area contributed by atoms with E-state index < -0.39 is 0 Å². The van der Waals surface area contributed by atoms with Gasteiger partial charge in [0.25, 0.3) is 0 Å². The van der Waals surface area contributed by atoms with Gasteiger partial charge < -0.3 is 24.4 Å². The van der Waals surface area contributed by atoms with Gasteiger partial charge in [-0.25, -0.2) is 0 Å². The minimum Gasteiger partial charge on any atom is -0.489 e. The number of methoxy groups -OCH3 is 1. The molecule has 0 amide bonds. The SMILES string of the molecule is CN=C(NCC(C)Oc1ccc(Cl)cc1)N1CCC(COCCOC)C1. The van der Waals surface area contributed by atoms with Crippen molar-refractivity contribution in [3.05, 3.63) is 29.3 Å². The van der Waals surface area contributed by atoms with Crippen molar-refractivity contribution in [1.29, 1.82) is 0 Å². The summed E-state index contributed by atoms with van der Waals surface area (Å²) in [6.07, 6.45) is 1.13. The predicted octanol–water partition coefficient (Wildman–Crippen LogP) is 2.67. The van der Waals surface area contributed by atoms with Gasteiger partial charge in [0.1, 0.15) is 11.9 Å². The molecule has 1 saturated heterocycles. The van der Waals surface area contributed by atoms with Gasteiger partial charge in [-0.2, -0.15) is 0 Å². The number of likely N-dealkylation sites (tertiary alicyclic amines) is 1. The van der Waals surface area contributed by atoms with Gasteiger partial charge >= 0.3 is 0 Å². The highest BCUT2D eigenvalue weighted by Gasteiger charge is 2.25. The molecule has 0 radical (unpaired) electrons. The van der Waals surface area contributed by atoms with Crippen LogP contribution in [0.5, 0.6) is 5.75 Å². The Balaban J connectivity index is 1.71. The van der Waals surface area contributed by atoms with Gasteiger partial charge in [-0.05, 0) is 37.6 Å². The number of nitrogens with one attached hydrogen (secondary N) is 1. The van der Waals surface area contributed by atoms with Crippen LogP contribution in [0.1, 0.15) is 13.3 Å². The molecule has 0 aromatic heterocycles. The largest absolute Gasteiger partial charge is 0.489 e. The lowest BCUT2D eigenvalue weighted by Gasteiger charge is -2.23. The molecule has 146 valence electrons. The Kier molecular flexibility index (Phi) is 9.01. The van der Waals surface area contributed by atoms with Crippen LogP contribution in [0, 0.1) is 5.92 Å². The van der Waals surface area contributed by atoms with Crippen LogP contribution in [0.3, 0.4) is 0 Å². The molecule has 26 heavy (non-hydrogen) atoms. The van der Waals surface area contributed by atoms with Crippen LogP contribution in [-0.2, 0) is 9.47 Å². The van der Waals surface area contributed by atoms with Crippen molar-refractivity contribution in [3.63, 3.8) is 0 Å². The molecule has 6 nitrogen and oxygen atoms in total. The van der Waals surface area contributed by atoms with Crippen molar-refractivity contribution >= 4 is 17.6 Å². The van der Waals surface area contributed by atoms with E-state index in [-0.39, 0.29) is 6.10 Å². The molecule has 0 saturated carbocycles. The normalized spacial score (nSPS) is 18.8. The van der Waals surface area contributed by atoms with Crippen LogP contribution < -0.4 is 10.1 Å². The third kappa shape index (κ3) is 7.02. The van der Waals surface area contributed by atoms with E-state index in [9.17, 15) is 0 Å². The van der Waals surface area contributed by atoms with Crippen molar-refractivity contribution in [3.8, 4) is 5.75 Å². The first-order chi connectivity index (χ1) is 12.6. The molecule has 2 rings (SSSR count). The molecule has 0 spiro atoms. The van der Waals surface area contributed by atoms with Crippen molar-refractivity contribution in [2.24, 2.45) is 10.9 Å². The molecule has 1 N–H and O–H groups in total. The number of nitrogens with zero attached hydrogens (tertiary/aromatic N) is 2. The highest BCUT2D eigenvalue weighted by atomic mass is 35.5. The Morgan fingerprint density at radius 2 is 2.12 bits per heavy atom. The maximum atomic E-state index is 5.90. The fourth-order valence-electron chi connectivity index (χ4n) is 2.91. The van der Waals surface area contributed by atoms with Gasteiger partial charge in [0, 0.05) is 38.2 Å². The monoisotopic (exact) mass is 383 g/mol. The molecule has 1 fully saturated rings. The van der Waals surface area contributed by atoms with Crippen LogP contribution in [0.2, 0.25) is 5.02 Å². The van der Waals surface area contributed by atoms with Crippen molar-refractivity contribution < 1.29 is 14.2 Å². The number of rotatable bonds is 9. The summed E-state index contributed by atoms with van der Waals surface area (Å²) in [7, 11) is 3.50. The number of halogens is 1. The second kappa shape index (κ2) is 11.3. The minimum atomic E-state index is 0.0173. The zero-order chi connectivity index (χ0) is 18.8. The van der Waals surface area contributed by atoms with Gasteiger partial charge in [-0.1, -0.05) is 11.6 Å². The molecule has 7 heteroatoms. The molecule has 2 atom stereocenters. The van der Waals surface area contributed by atoms with Gasteiger partial charge in [-0.3, -0.25) is 4.99 Å². The molecule has 1 aliphatic heterocycles. The summed E-state index contributed by atoms with van der Waals surface area (Å²) in [5.41, 5.74) is 0. The van der Waals surface area contributed by atoms with E-state index in [0.29, 0.717) is 30.7 Å². The molecular formula is C19H30ClN3O3. The van der Waals surface area contributed by atoms with Crippen LogP contribution in [0.25, 0.3) is 0 Å². The van der Waals surface area contributed by atoms with Crippen molar-refractivity contribution in [1.82, 2.24) is 10.2 Å². The Labute approximate surface area is 161 Å². The van der Waals surface area contributed by atoms with E-state index >= 15 is 0 Å². The molecule has 1 aliphatic rings. The molecule has 2 unspecified atom stereocenters. The van der Waals surface area contributed by atoms with E-state index in [1.54, 1.807) is 7.11 Å². The van der Waals surface area contributed by atoms with Crippen LogP contribution >= 0.6 is 11.6 Å². The number of benzene rings is 1. The third-order valence-corrected chi connectivity index (χ3v) is 4.53. The van der Waals surface area contributed by atoms with Crippen LogP contribution in [-0.4, -0.2) is 70.6 Å². The highest BCUT2D eigenvalue weighted by molar-refractivity contribution is 6.30. The first-order valence-electron chi connectivity index (χ1n) is 9.07. The van der Waals surface area contributed by atoms with E-state index in [1.165, 1.54) is 0 Å². The summed E-state index contributed by atoms with van der Waals surface area (Å²) in [5.74, 6) is 2.26. The van der Waals surface area contributed by atoms with Gasteiger partial charge in [-0.15, -0.1) is 0 Å². The first kappa shape index (κ1) is 20.8. The Morgan fingerprint density at radius 3 is 2.81 bits per heavy atom. The fourth-order valence-corrected chi connectivity index (χ4v) is 3.03. The molecule has 1 aromatic rings. The predicted molar refractivity (Wildman–Crippen MR) is 105 cm³/mol. The Hall–Kier alpha value is -1.50. The first-order valence-corrected chi connectivity index (χ1v) is 9.44. The van der Waals surface area contributed by atoms with E-state index in [0.717, 1.165) is 37.8 Å². The average Bonchev–Trinajstić information content (AvgIpc) is 3.10. The molecule has 1 heterocycles. The number of guanidine groups is 1. The Morgan fingerprint density at radius 1 is 1.35 bits per heavy atom. The van der Waals surface area contributed by atoms with E-state index in [2.05, 4.69) is 15.2 Å². The molecule has 0 aliphatic carbocycles. The second-order valence-electron chi connectivity index (χ2n) is 6.48. The number of hydrogen-bond acceptors (Lipinski definition) is 4. The summed E-state index contributed by atoms with van der Waals surface area (Å²) in [5, 5.41) is 4.11. The van der Waals surface area contributed by atoms with Crippen LogP contribution in [0.4, 0.5) is 0 Å². The maximum absolute atomic E-state index is 5.90. The van der Waals surface area contributed by atoms with Gasteiger partial charge in [0.2, 0.25) is 0 Å². The zero-order valence-electron chi connectivity index (χ0n) is 15.9. The highest BCUT2D eigenvalue weighted by Crippen LogP contribution is 2.18. The van der Waals surface area contributed by atoms with Gasteiger partial charge in [0.15, 0.2) is 5.96 Å². The van der Waals surface area contributed by atoms with Crippen molar-refractivity contribution in [2.45, 2.75) is 19.4 Å². The quantitative estimate of drug-likeness (QED) is 0.403. The number of ether oxygens (including phenoxy) is 3. The fraction of sp³-hybridized carbons (Fsp3) is 0.632. The summed E-state index contributed by atoms with van der Waals surface area (Å²) in [4.78, 5) is 6.68. The molecule has 0 bridgehead atoms. The summed E-state index contributed by atoms with van der Waals surface area (Å²) in [6, 6.07) is 7.41. The van der Waals surface area contributed by atoms with Gasteiger partial charge in [0.05, 0.1) is 26.4 Å². The average molecular weight is 384 g/mol. The number of aliphatic imine (C=N–C) groups is 1. The van der Waals surface area contributed by atoms with E-state index in [1.807, 2.05) is 38.2 Å². The summed E-state index contributed by atoms with van der Waals surface area (Å²) >= 11 is 5.90. The molecule has 1 aromatic carbocycles. The van der Waals surface area contributed by atoms with Crippen molar-refractivity contribution in [2.75, 3.05) is 53.6 Å². The van der Waals surface area contributed by atoms with Crippen LogP contribution in [0.15, 0.2) is 29.3 Å². The standard InChI is InChI=1S/C19H30ClN3O3/c1-15(26-18-6-4-17(20)5-7-18)12-22-19(21-2)23-9-8-16(13-23)14-25-11-10-24-3/h4-7,15-16H,8-14H2,1-3H3,(H,21,22). The summed E-state index contributed by atoms with van der Waals surface area (Å²) in [6.45, 7) is 6.73. The molecular weight excluding hydrogens is 354 g/mol. The minimum absolute atomic E-state index is 0.0173. The number of hydrogen-bond donors (Lipinski definition) is 1. The topological polar surface area (TPSA) is 55.3 Å².